The summed E-state index contributed by atoms with van der Waals surface area (Å²) in [6.45, 7) is 0.0538. The van der Waals surface area contributed by atoms with Crippen molar-refractivity contribution in [2.45, 2.75) is 13.0 Å². The molecule has 0 N–H and O–H groups in total. The molecule has 2 bridgehead atoms. The number of nitrogens with zero attached hydrogens (tertiary/aromatic N) is 2. The van der Waals surface area contributed by atoms with E-state index >= 15 is 0 Å². The maximum absolute atomic E-state index is 12.9. The summed E-state index contributed by atoms with van der Waals surface area (Å²) < 4.78 is 2.36. The van der Waals surface area contributed by atoms with Crippen LogP contribution in [0.5, 0.6) is 0 Å². The number of aromatic nitrogens is 2. The lowest BCUT2D eigenvalue weighted by atomic mass is 10.0. The predicted molar refractivity (Wildman–Crippen MR) is 87.8 cm³/mol. The fourth-order valence-electron chi connectivity index (χ4n) is 3.09. The fraction of sp³-hybridized carbons (Fsp3) is 0.111. The molecule has 118 valence electrons. The normalized spacial score (nSPS) is 14.0. The molecule has 0 aliphatic carbocycles. The minimum atomic E-state index is -0.677. The standard InChI is InChI=1S/C18H12N2O4/c21-15-9-10-19-13-7-3-2-6-12(13)17(23)20(18(19)24)14-8-4-1-5-11(14)16(15)22/h1-8H,9-10H2. The van der Waals surface area contributed by atoms with Gasteiger partial charge in [-0.2, -0.15) is 0 Å². The summed E-state index contributed by atoms with van der Waals surface area (Å²) in [6.07, 6.45) is -0.0880. The first-order valence-electron chi connectivity index (χ1n) is 7.51. The lowest BCUT2D eigenvalue weighted by Gasteiger charge is -2.13. The van der Waals surface area contributed by atoms with Gasteiger partial charge >= 0.3 is 5.69 Å². The third-order valence-corrected chi connectivity index (χ3v) is 4.26. The van der Waals surface area contributed by atoms with Gasteiger partial charge in [0, 0.05) is 13.0 Å². The first-order chi connectivity index (χ1) is 11.6. The van der Waals surface area contributed by atoms with Crippen LogP contribution in [0, 0.1) is 0 Å². The molecule has 24 heavy (non-hydrogen) atoms. The summed E-state index contributed by atoms with van der Waals surface area (Å²) in [6, 6.07) is 12.9. The maximum atomic E-state index is 12.9. The van der Waals surface area contributed by atoms with E-state index in [1.807, 2.05) is 0 Å². The van der Waals surface area contributed by atoms with Crippen molar-refractivity contribution in [3.05, 3.63) is 74.9 Å². The lowest BCUT2D eigenvalue weighted by molar-refractivity contribution is -0.115. The molecule has 6 nitrogen and oxygen atoms in total. The SMILES string of the molecule is O=C1CCn2c(=O)n(c(=O)c3ccccc32)-c2ccccc2C1=O. The van der Waals surface area contributed by atoms with E-state index in [0.29, 0.717) is 10.9 Å². The monoisotopic (exact) mass is 320 g/mol. The second-order valence-corrected chi connectivity index (χ2v) is 5.61. The second kappa shape index (κ2) is 5.13. The Hall–Kier alpha value is -3.28. The molecule has 1 aliphatic rings. The number of carbonyl (C=O) groups excluding carboxylic acids is 2. The molecule has 0 atom stereocenters. The number of Topliss-reactive ketones (excluding diaryl/α,β-unsaturated/α-hetero) is 2. The third kappa shape index (κ3) is 1.89. The first-order valence-corrected chi connectivity index (χ1v) is 7.51. The number of carbonyl (C=O) groups is 2. The molecule has 6 heteroatoms. The van der Waals surface area contributed by atoms with Crippen LogP contribution in [-0.2, 0) is 11.3 Å². The highest BCUT2D eigenvalue weighted by molar-refractivity contribution is 6.44. The van der Waals surface area contributed by atoms with Crippen molar-refractivity contribution in [1.29, 1.82) is 0 Å². The Kier molecular flexibility index (Phi) is 3.06. The summed E-state index contributed by atoms with van der Waals surface area (Å²) in [5, 5.41) is 0.369. The number of aryl methyl sites for hydroxylation is 1. The molecule has 0 fully saturated rings. The number of rotatable bonds is 0. The maximum Gasteiger partial charge on any atom is 0.336 e. The minimum absolute atomic E-state index is 0.0538. The van der Waals surface area contributed by atoms with Gasteiger partial charge in [0.25, 0.3) is 5.56 Å². The molecule has 0 spiro atoms. The van der Waals surface area contributed by atoms with Gasteiger partial charge in [0.15, 0.2) is 0 Å². The van der Waals surface area contributed by atoms with E-state index in [2.05, 4.69) is 0 Å². The van der Waals surface area contributed by atoms with E-state index in [0.717, 1.165) is 4.57 Å². The van der Waals surface area contributed by atoms with E-state index in [9.17, 15) is 19.2 Å². The van der Waals surface area contributed by atoms with Crippen LogP contribution in [0.2, 0.25) is 0 Å². The molecule has 0 saturated carbocycles. The Morgan fingerprint density at radius 3 is 2.38 bits per heavy atom. The van der Waals surface area contributed by atoms with Crippen LogP contribution in [0.15, 0.2) is 58.1 Å². The number of benzene rings is 2. The van der Waals surface area contributed by atoms with E-state index in [1.165, 1.54) is 16.7 Å². The predicted octanol–water partition coefficient (Wildman–Crippen LogP) is 1.31. The van der Waals surface area contributed by atoms with Gasteiger partial charge in [-0.1, -0.05) is 24.3 Å². The van der Waals surface area contributed by atoms with Gasteiger partial charge in [0.2, 0.25) is 11.6 Å². The molecule has 0 saturated heterocycles. The molecule has 0 radical (unpaired) electrons. The Bertz CT molecular complexity index is 1140. The molecule has 0 unspecified atom stereocenters. The summed E-state index contributed by atoms with van der Waals surface area (Å²) in [7, 11) is 0. The van der Waals surface area contributed by atoms with Crippen molar-refractivity contribution < 1.29 is 9.59 Å². The third-order valence-electron chi connectivity index (χ3n) is 4.26. The van der Waals surface area contributed by atoms with Gasteiger partial charge in [-0.15, -0.1) is 0 Å². The van der Waals surface area contributed by atoms with Gasteiger partial charge < -0.3 is 0 Å². The molecular formula is C18H12N2O4. The summed E-state index contributed by atoms with van der Waals surface area (Å²) in [5.41, 5.74) is -0.365. The zero-order valence-corrected chi connectivity index (χ0v) is 12.6. The quantitative estimate of drug-likeness (QED) is 0.585. The fourth-order valence-corrected chi connectivity index (χ4v) is 3.09. The zero-order chi connectivity index (χ0) is 16.8. The van der Waals surface area contributed by atoms with Crippen molar-refractivity contribution in [2.75, 3.05) is 0 Å². The van der Waals surface area contributed by atoms with Crippen LogP contribution in [0.1, 0.15) is 16.8 Å². The first kappa shape index (κ1) is 14.3. The number of hydrogen-bond acceptors (Lipinski definition) is 4. The molecule has 1 aliphatic heterocycles. The van der Waals surface area contributed by atoms with Crippen molar-refractivity contribution in [2.24, 2.45) is 0 Å². The molecule has 3 aromatic rings. The number of ketones is 2. The molecule has 2 aromatic carbocycles. The number of hydrogen-bond donors (Lipinski definition) is 0. The summed E-state index contributed by atoms with van der Waals surface area (Å²) in [5.74, 6) is -1.25. The summed E-state index contributed by atoms with van der Waals surface area (Å²) >= 11 is 0. The molecule has 0 amide bonds. The smallest absolute Gasteiger partial charge is 0.292 e. The Balaban J connectivity index is 2.25. The van der Waals surface area contributed by atoms with Crippen molar-refractivity contribution in [3.63, 3.8) is 0 Å². The van der Waals surface area contributed by atoms with Crippen LogP contribution in [0.4, 0.5) is 0 Å². The molecular weight excluding hydrogens is 308 g/mol. The minimum Gasteiger partial charge on any atom is -0.292 e. The van der Waals surface area contributed by atoms with E-state index in [-0.39, 0.29) is 24.2 Å². The van der Waals surface area contributed by atoms with E-state index in [4.69, 9.17) is 0 Å². The van der Waals surface area contributed by atoms with Crippen LogP contribution in [0.3, 0.4) is 0 Å². The Morgan fingerprint density at radius 2 is 1.54 bits per heavy atom. The highest BCUT2D eigenvalue weighted by Gasteiger charge is 2.25. The van der Waals surface area contributed by atoms with Crippen molar-refractivity contribution in [3.8, 4) is 5.69 Å². The van der Waals surface area contributed by atoms with Gasteiger partial charge in [-0.05, 0) is 24.3 Å². The van der Waals surface area contributed by atoms with Crippen LogP contribution in [-0.4, -0.2) is 20.7 Å². The van der Waals surface area contributed by atoms with Crippen LogP contribution >= 0.6 is 0 Å². The molecule has 2 heterocycles. The average molecular weight is 320 g/mol. The van der Waals surface area contributed by atoms with Gasteiger partial charge in [0.05, 0.1) is 22.2 Å². The average Bonchev–Trinajstić information content (AvgIpc) is 2.63. The lowest BCUT2D eigenvalue weighted by Crippen LogP contribution is -2.39. The number of fused-ring (bicyclic) bond motifs is 6. The van der Waals surface area contributed by atoms with Crippen LogP contribution in [0.25, 0.3) is 16.6 Å². The highest BCUT2D eigenvalue weighted by Crippen LogP contribution is 2.17. The molecule has 1 aromatic heterocycles. The highest BCUT2D eigenvalue weighted by atomic mass is 16.2. The largest absolute Gasteiger partial charge is 0.336 e. The zero-order valence-electron chi connectivity index (χ0n) is 12.6. The van der Waals surface area contributed by atoms with E-state index < -0.39 is 22.8 Å². The Morgan fingerprint density at radius 1 is 0.833 bits per heavy atom. The van der Waals surface area contributed by atoms with Crippen LogP contribution < -0.4 is 11.2 Å². The van der Waals surface area contributed by atoms with Gasteiger partial charge in [0.1, 0.15) is 0 Å². The van der Waals surface area contributed by atoms with Crippen molar-refractivity contribution >= 4 is 22.5 Å². The summed E-state index contributed by atoms with van der Waals surface area (Å²) in [4.78, 5) is 50.3. The van der Waals surface area contributed by atoms with Gasteiger partial charge in [-0.3, -0.25) is 19.0 Å². The van der Waals surface area contributed by atoms with Crippen molar-refractivity contribution in [1.82, 2.24) is 9.13 Å². The topological polar surface area (TPSA) is 78.1 Å². The van der Waals surface area contributed by atoms with Gasteiger partial charge in [-0.25, -0.2) is 9.36 Å². The Labute approximate surface area is 135 Å². The number of para-hydroxylation sites is 2. The van der Waals surface area contributed by atoms with E-state index in [1.54, 1.807) is 36.4 Å². The molecule has 4 rings (SSSR count). The second-order valence-electron chi connectivity index (χ2n) is 5.61.